The third-order valence-corrected chi connectivity index (χ3v) is 2.41. The summed E-state index contributed by atoms with van der Waals surface area (Å²) in [6, 6.07) is 8.06. The van der Waals surface area contributed by atoms with Crippen LogP contribution in [0.2, 0.25) is 0 Å². The number of nitrogens with zero attached hydrogens (tertiary/aromatic N) is 1. The normalized spacial score (nSPS) is 21.1. The molecule has 1 aliphatic rings. The molecule has 1 unspecified atom stereocenters. The topological polar surface area (TPSA) is 29.5 Å². The fourth-order valence-electron chi connectivity index (χ4n) is 1.62. The molecule has 0 bridgehead atoms. The number of amides is 1. The first-order chi connectivity index (χ1) is 6.66. The molecule has 1 aromatic rings. The maximum atomic E-state index is 11.1. The number of aryl methyl sites for hydroxylation is 1. The lowest BCUT2D eigenvalue weighted by Crippen LogP contribution is -2.17. The van der Waals surface area contributed by atoms with Gasteiger partial charge in [0.05, 0.1) is 6.54 Å². The van der Waals surface area contributed by atoms with Crippen molar-refractivity contribution in [2.24, 2.45) is 0 Å². The maximum Gasteiger partial charge on any atom is 0.410 e. The van der Waals surface area contributed by atoms with Crippen molar-refractivity contribution in [1.29, 1.82) is 0 Å². The van der Waals surface area contributed by atoms with Crippen LogP contribution in [0.15, 0.2) is 24.3 Å². The van der Waals surface area contributed by atoms with Crippen molar-refractivity contribution < 1.29 is 9.53 Å². The summed E-state index contributed by atoms with van der Waals surface area (Å²) in [6.07, 6.45) is -0.344. The van der Waals surface area contributed by atoms with E-state index >= 15 is 0 Å². The van der Waals surface area contributed by atoms with Gasteiger partial charge < -0.3 is 9.64 Å². The predicted octanol–water partition coefficient (Wildman–Crippen LogP) is 2.12. The minimum Gasteiger partial charge on any atom is -0.439 e. The number of ether oxygens (including phenoxy) is 1. The Morgan fingerprint density at radius 3 is 2.86 bits per heavy atom. The van der Waals surface area contributed by atoms with Crippen LogP contribution in [0, 0.1) is 6.92 Å². The fraction of sp³-hybridized carbons (Fsp3) is 0.364. The summed E-state index contributed by atoms with van der Waals surface area (Å²) in [4.78, 5) is 12.7. The standard InChI is InChI=1S/C11H13NO2/c1-8-4-3-5-9(6-8)10-7-12(2)11(13)14-10/h3-6,10H,7H2,1-2H3. The van der Waals surface area contributed by atoms with E-state index in [1.54, 1.807) is 11.9 Å². The van der Waals surface area contributed by atoms with E-state index < -0.39 is 0 Å². The number of likely N-dealkylation sites (N-methyl/N-ethyl adjacent to an activating group) is 1. The Bertz CT molecular complexity index is 362. The molecular weight excluding hydrogens is 178 g/mol. The molecule has 0 radical (unpaired) electrons. The summed E-state index contributed by atoms with van der Waals surface area (Å²) in [5.74, 6) is 0. The quantitative estimate of drug-likeness (QED) is 0.680. The van der Waals surface area contributed by atoms with E-state index in [0.717, 1.165) is 5.56 Å². The van der Waals surface area contributed by atoms with Crippen LogP contribution in [0.4, 0.5) is 4.79 Å². The van der Waals surface area contributed by atoms with Gasteiger partial charge in [-0.3, -0.25) is 0 Å². The van der Waals surface area contributed by atoms with Gasteiger partial charge in [0.15, 0.2) is 0 Å². The van der Waals surface area contributed by atoms with Crippen molar-refractivity contribution in [3.63, 3.8) is 0 Å². The molecule has 14 heavy (non-hydrogen) atoms. The first-order valence-electron chi connectivity index (χ1n) is 4.65. The Kier molecular flexibility index (Phi) is 2.15. The molecule has 3 heteroatoms. The maximum absolute atomic E-state index is 11.1. The SMILES string of the molecule is Cc1cccc(C2CN(C)C(=O)O2)c1. The molecule has 0 N–H and O–H groups in total. The number of hydrogen-bond acceptors (Lipinski definition) is 2. The summed E-state index contributed by atoms with van der Waals surface area (Å²) < 4.78 is 5.20. The van der Waals surface area contributed by atoms with Crippen LogP contribution in [0.3, 0.4) is 0 Å². The van der Waals surface area contributed by atoms with Gasteiger partial charge in [0, 0.05) is 7.05 Å². The number of carbonyl (C=O) groups is 1. The Morgan fingerprint density at radius 2 is 2.29 bits per heavy atom. The van der Waals surface area contributed by atoms with Crippen LogP contribution in [0.5, 0.6) is 0 Å². The van der Waals surface area contributed by atoms with Gasteiger partial charge in [-0.15, -0.1) is 0 Å². The molecule has 3 nitrogen and oxygen atoms in total. The first kappa shape index (κ1) is 9.06. The van der Waals surface area contributed by atoms with E-state index in [-0.39, 0.29) is 12.2 Å². The molecule has 1 saturated heterocycles. The number of benzene rings is 1. The zero-order valence-electron chi connectivity index (χ0n) is 8.36. The van der Waals surface area contributed by atoms with E-state index in [4.69, 9.17) is 4.74 Å². The third kappa shape index (κ3) is 1.58. The minimum absolute atomic E-state index is 0.104. The van der Waals surface area contributed by atoms with Gasteiger partial charge >= 0.3 is 6.09 Å². The van der Waals surface area contributed by atoms with E-state index in [9.17, 15) is 4.79 Å². The minimum atomic E-state index is -0.239. The molecular formula is C11H13NO2. The lowest BCUT2D eigenvalue weighted by molar-refractivity contribution is 0.135. The van der Waals surface area contributed by atoms with Crippen molar-refractivity contribution in [2.75, 3.05) is 13.6 Å². The lowest BCUT2D eigenvalue weighted by atomic mass is 10.1. The van der Waals surface area contributed by atoms with Crippen molar-refractivity contribution >= 4 is 6.09 Å². The number of rotatable bonds is 1. The van der Waals surface area contributed by atoms with Gasteiger partial charge in [0.1, 0.15) is 6.10 Å². The van der Waals surface area contributed by atoms with Crippen LogP contribution in [0.25, 0.3) is 0 Å². The highest BCUT2D eigenvalue weighted by atomic mass is 16.6. The third-order valence-electron chi connectivity index (χ3n) is 2.41. The first-order valence-corrected chi connectivity index (χ1v) is 4.65. The van der Waals surface area contributed by atoms with Gasteiger partial charge in [-0.1, -0.05) is 29.8 Å². The molecule has 0 spiro atoms. The van der Waals surface area contributed by atoms with E-state index in [2.05, 4.69) is 6.07 Å². The number of hydrogen-bond donors (Lipinski definition) is 0. The summed E-state index contributed by atoms with van der Waals surface area (Å²) in [5, 5.41) is 0. The monoisotopic (exact) mass is 191 g/mol. The molecule has 74 valence electrons. The number of cyclic esters (lactones) is 1. The van der Waals surface area contributed by atoms with E-state index in [0.29, 0.717) is 6.54 Å². The second-order valence-corrected chi connectivity index (χ2v) is 3.67. The van der Waals surface area contributed by atoms with E-state index in [1.165, 1.54) is 5.56 Å². The second kappa shape index (κ2) is 3.33. The average molecular weight is 191 g/mol. The molecule has 1 amide bonds. The van der Waals surface area contributed by atoms with Gasteiger partial charge in [-0.05, 0) is 12.5 Å². The lowest BCUT2D eigenvalue weighted by Gasteiger charge is -2.08. The van der Waals surface area contributed by atoms with Crippen molar-refractivity contribution in [3.05, 3.63) is 35.4 Å². The Morgan fingerprint density at radius 1 is 1.50 bits per heavy atom. The van der Waals surface area contributed by atoms with Gasteiger partial charge in [0.25, 0.3) is 0 Å². The molecule has 1 aliphatic heterocycles. The van der Waals surface area contributed by atoms with Gasteiger partial charge in [-0.2, -0.15) is 0 Å². The van der Waals surface area contributed by atoms with Crippen LogP contribution < -0.4 is 0 Å². The highest BCUT2D eigenvalue weighted by Gasteiger charge is 2.29. The molecule has 0 saturated carbocycles. The van der Waals surface area contributed by atoms with Crippen molar-refractivity contribution in [2.45, 2.75) is 13.0 Å². The van der Waals surface area contributed by atoms with Gasteiger partial charge in [-0.25, -0.2) is 4.79 Å². The zero-order chi connectivity index (χ0) is 10.1. The number of carbonyl (C=O) groups excluding carboxylic acids is 1. The predicted molar refractivity (Wildman–Crippen MR) is 53.0 cm³/mol. The average Bonchev–Trinajstić information content (AvgIpc) is 2.47. The Labute approximate surface area is 83.3 Å². The molecule has 0 aliphatic carbocycles. The van der Waals surface area contributed by atoms with Crippen LogP contribution in [-0.2, 0) is 4.74 Å². The molecule has 1 aromatic carbocycles. The molecule has 1 heterocycles. The second-order valence-electron chi connectivity index (χ2n) is 3.67. The van der Waals surface area contributed by atoms with Crippen LogP contribution >= 0.6 is 0 Å². The van der Waals surface area contributed by atoms with Gasteiger partial charge in [0.2, 0.25) is 0 Å². The molecule has 0 aromatic heterocycles. The largest absolute Gasteiger partial charge is 0.439 e. The van der Waals surface area contributed by atoms with Crippen LogP contribution in [0.1, 0.15) is 17.2 Å². The molecule has 1 atom stereocenters. The summed E-state index contributed by atoms with van der Waals surface area (Å²) in [5.41, 5.74) is 2.26. The highest BCUT2D eigenvalue weighted by Crippen LogP contribution is 2.25. The molecule has 1 fully saturated rings. The van der Waals surface area contributed by atoms with E-state index in [1.807, 2.05) is 25.1 Å². The molecule has 2 rings (SSSR count). The Hall–Kier alpha value is -1.51. The Balaban J connectivity index is 2.21. The van der Waals surface area contributed by atoms with Crippen molar-refractivity contribution in [1.82, 2.24) is 4.90 Å². The van der Waals surface area contributed by atoms with Crippen LogP contribution in [-0.4, -0.2) is 24.6 Å². The van der Waals surface area contributed by atoms with Crippen molar-refractivity contribution in [3.8, 4) is 0 Å². The summed E-state index contributed by atoms with van der Waals surface area (Å²) in [7, 11) is 1.75. The zero-order valence-corrected chi connectivity index (χ0v) is 8.36. The smallest absolute Gasteiger partial charge is 0.410 e. The summed E-state index contributed by atoms with van der Waals surface area (Å²) >= 11 is 0. The highest BCUT2D eigenvalue weighted by molar-refractivity contribution is 5.69. The summed E-state index contributed by atoms with van der Waals surface area (Å²) in [6.45, 7) is 2.67. The fourth-order valence-corrected chi connectivity index (χ4v) is 1.62.